The minimum Gasteiger partial charge on any atom is -0.367 e. The van der Waals surface area contributed by atoms with Crippen molar-refractivity contribution in [2.45, 2.75) is 25.9 Å². The molecule has 2 N–H and O–H groups in total. The highest BCUT2D eigenvalue weighted by Gasteiger charge is 2.25. The molecule has 0 spiro atoms. The van der Waals surface area contributed by atoms with Gasteiger partial charge in [0, 0.05) is 52.0 Å². The first-order chi connectivity index (χ1) is 14.0. The van der Waals surface area contributed by atoms with Gasteiger partial charge in [0.05, 0.1) is 12.2 Å². The van der Waals surface area contributed by atoms with Gasteiger partial charge in [-0.05, 0) is 43.2 Å². The SMILES string of the molecule is CCNC(=NCc1ccnc(N(C)C)c1)NC1CCN(c2ccc(F)cc2F)C1.I. The number of halogens is 3. The number of benzene rings is 1. The second-order valence-electron chi connectivity index (χ2n) is 7.28. The highest BCUT2D eigenvalue weighted by molar-refractivity contribution is 14.0. The van der Waals surface area contributed by atoms with Crippen molar-refractivity contribution in [3.05, 3.63) is 53.7 Å². The van der Waals surface area contributed by atoms with Gasteiger partial charge in [0.1, 0.15) is 17.5 Å². The van der Waals surface area contributed by atoms with Gasteiger partial charge in [-0.25, -0.2) is 18.8 Å². The molecule has 0 radical (unpaired) electrons. The van der Waals surface area contributed by atoms with Crippen molar-refractivity contribution in [3.63, 3.8) is 0 Å². The van der Waals surface area contributed by atoms with E-state index in [1.807, 2.05) is 43.0 Å². The summed E-state index contributed by atoms with van der Waals surface area (Å²) in [7, 11) is 3.91. The van der Waals surface area contributed by atoms with E-state index in [0.717, 1.165) is 36.4 Å². The van der Waals surface area contributed by atoms with Crippen molar-refractivity contribution < 1.29 is 8.78 Å². The van der Waals surface area contributed by atoms with Gasteiger partial charge in [-0.3, -0.25) is 0 Å². The monoisotopic (exact) mass is 530 g/mol. The molecule has 0 bridgehead atoms. The fraction of sp³-hybridized carbons (Fsp3) is 0.429. The standard InChI is InChI=1S/C21H28F2N6.HI/c1-4-24-21(26-13-15-7-9-25-20(11-15)28(2)3)27-17-8-10-29(14-17)19-6-5-16(22)12-18(19)23;/h5-7,9,11-12,17H,4,8,10,13-14H2,1-3H3,(H2,24,26,27);1H. The summed E-state index contributed by atoms with van der Waals surface area (Å²) in [5, 5.41) is 6.69. The van der Waals surface area contributed by atoms with Crippen LogP contribution >= 0.6 is 24.0 Å². The van der Waals surface area contributed by atoms with Gasteiger partial charge < -0.3 is 20.4 Å². The lowest BCUT2D eigenvalue weighted by Gasteiger charge is -2.21. The van der Waals surface area contributed by atoms with E-state index < -0.39 is 11.6 Å². The highest BCUT2D eigenvalue weighted by Crippen LogP contribution is 2.24. The van der Waals surface area contributed by atoms with Gasteiger partial charge in [-0.1, -0.05) is 0 Å². The Kier molecular flexibility index (Phi) is 9.07. The average Bonchev–Trinajstić information content (AvgIpc) is 3.14. The molecule has 6 nitrogen and oxygen atoms in total. The molecule has 0 aliphatic carbocycles. The largest absolute Gasteiger partial charge is 0.367 e. The molecule has 1 unspecified atom stereocenters. The van der Waals surface area contributed by atoms with E-state index in [4.69, 9.17) is 0 Å². The molecule has 1 aliphatic heterocycles. The third-order valence-electron chi connectivity index (χ3n) is 4.81. The lowest BCUT2D eigenvalue weighted by atomic mass is 10.2. The second-order valence-corrected chi connectivity index (χ2v) is 7.28. The second kappa shape index (κ2) is 11.3. The van der Waals surface area contributed by atoms with Gasteiger partial charge in [-0.2, -0.15) is 0 Å². The molecule has 1 aliphatic rings. The van der Waals surface area contributed by atoms with Crippen LogP contribution in [0.1, 0.15) is 18.9 Å². The quantitative estimate of drug-likeness (QED) is 0.341. The minimum absolute atomic E-state index is 0. The first-order valence-corrected chi connectivity index (χ1v) is 9.83. The molecule has 9 heteroatoms. The maximum absolute atomic E-state index is 14.1. The van der Waals surface area contributed by atoms with Crippen LogP contribution in [0.15, 0.2) is 41.5 Å². The zero-order valence-electron chi connectivity index (χ0n) is 17.5. The molecular weight excluding hydrogens is 501 g/mol. The number of aromatic nitrogens is 1. The molecule has 1 saturated heterocycles. The van der Waals surface area contributed by atoms with Crippen LogP contribution in [0.25, 0.3) is 0 Å². The molecule has 2 aromatic rings. The number of nitrogens with zero attached hydrogens (tertiary/aromatic N) is 4. The lowest BCUT2D eigenvalue weighted by molar-refractivity contribution is 0.580. The molecule has 1 atom stereocenters. The van der Waals surface area contributed by atoms with Gasteiger partial charge in [0.15, 0.2) is 5.96 Å². The molecule has 1 aromatic heterocycles. The van der Waals surface area contributed by atoms with Gasteiger partial charge in [-0.15, -0.1) is 24.0 Å². The van der Waals surface area contributed by atoms with Crippen molar-refractivity contribution in [3.8, 4) is 0 Å². The van der Waals surface area contributed by atoms with Crippen LogP contribution in [0.3, 0.4) is 0 Å². The minimum atomic E-state index is -0.560. The van der Waals surface area contributed by atoms with Gasteiger partial charge in [0.25, 0.3) is 0 Å². The normalized spacial score (nSPS) is 16.2. The third kappa shape index (κ3) is 6.41. The predicted octanol–water partition coefficient (Wildman–Crippen LogP) is 3.38. The number of aliphatic imine (C=N–C) groups is 1. The van der Waals surface area contributed by atoms with E-state index in [1.54, 1.807) is 6.20 Å². The Labute approximate surface area is 193 Å². The molecule has 0 amide bonds. The van der Waals surface area contributed by atoms with E-state index in [-0.39, 0.29) is 30.0 Å². The van der Waals surface area contributed by atoms with Crippen molar-refractivity contribution >= 4 is 41.4 Å². The summed E-state index contributed by atoms with van der Waals surface area (Å²) in [4.78, 5) is 12.9. The van der Waals surface area contributed by atoms with Crippen molar-refractivity contribution in [2.75, 3.05) is 43.5 Å². The van der Waals surface area contributed by atoms with Crippen LogP contribution in [0.5, 0.6) is 0 Å². The molecule has 164 valence electrons. The third-order valence-corrected chi connectivity index (χ3v) is 4.81. The number of hydrogen-bond acceptors (Lipinski definition) is 4. The van der Waals surface area contributed by atoms with Crippen LogP contribution in [-0.2, 0) is 6.54 Å². The molecular formula is C21H29F2IN6. The number of hydrogen-bond donors (Lipinski definition) is 2. The first-order valence-electron chi connectivity index (χ1n) is 9.83. The number of nitrogens with one attached hydrogen (secondary N) is 2. The summed E-state index contributed by atoms with van der Waals surface area (Å²) in [6, 6.07) is 7.82. The smallest absolute Gasteiger partial charge is 0.191 e. The summed E-state index contributed by atoms with van der Waals surface area (Å²) in [5.74, 6) is 0.529. The molecule has 1 fully saturated rings. The van der Waals surface area contributed by atoms with E-state index in [2.05, 4.69) is 20.6 Å². The van der Waals surface area contributed by atoms with Gasteiger partial charge in [0.2, 0.25) is 0 Å². The molecule has 2 heterocycles. The molecule has 30 heavy (non-hydrogen) atoms. The lowest BCUT2D eigenvalue weighted by Crippen LogP contribution is -2.44. The fourth-order valence-corrected chi connectivity index (χ4v) is 3.32. The first kappa shape index (κ1) is 24.1. The van der Waals surface area contributed by atoms with Crippen LogP contribution in [0.2, 0.25) is 0 Å². The number of pyridine rings is 1. The summed E-state index contributed by atoms with van der Waals surface area (Å²) < 4.78 is 27.2. The number of rotatable bonds is 6. The number of guanidine groups is 1. The van der Waals surface area contributed by atoms with Crippen LogP contribution < -0.4 is 20.4 Å². The zero-order chi connectivity index (χ0) is 20.8. The Bertz CT molecular complexity index is 861. The Morgan fingerprint density at radius 2 is 2.07 bits per heavy atom. The Balaban J connectivity index is 0.00000320. The van der Waals surface area contributed by atoms with Crippen LogP contribution in [0, 0.1) is 11.6 Å². The van der Waals surface area contributed by atoms with Crippen molar-refractivity contribution in [2.24, 2.45) is 4.99 Å². The molecule has 1 aromatic carbocycles. The Morgan fingerprint density at radius 3 is 2.77 bits per heavy atom. The van der Waals surface area contributed by atoms with E-state index in [1.165, 1.54) is 12.1 Å². The van der Waals surface area contributed by atoms with Crippen molar-refractivity contribution in [1.82, 2.24) is 15.6 Å². The van der Waals surface area contributed by atoms with Gasteiger partial charge >= 0.3 is 0 Å². The summed E-state index contributed by atoms with van der Waals surface area (Å²) in [5.41, 5.74) is 1.51. The zero-order valence-corrected chi connectivity index (χ0v) is 19.9. The van der Waals surface area contributed by atoms with E-state index in [0.29, 0.717) is 25.3 Å². The Hall–Kier alpha value is -2.17. The van der Waals surface area contributed by atoms with Crippen LogP contribution in [0.4, 0.5) is 20.3 Å². The Morgan fingerprint density at radius 1 is 1.27 bits per heavy atom. The fourth-order valence-electron chi connectivity index (χ4n) is 3.32. The van der Waals surface area contributed by atoms with Crippen molar-refractivity contribution in [1.29, 1.82) is 0 Å². The summed E-state index contributed by atoms with van der Waals surface area (Å²) in [6.07, 6.45) is 2.63. The summed E-state index contributed by atoms with van der Waals surface area (Å²) >= 11 is 0. The maximum atomic E-state index is 14.1. The van der Waals surface area contributed by atoms with Crippen LogP contribution in [-0.4, -0.2) is 50.7 Å². The average molecular weight is 530 g/mol. The summed E-state index contributed by atoms with van der Waals surface area (Å²) in [6.45, 7) is 4.63. The predicted molar refractivity (Wildman–Crippen MR) is 129 cm³/mol. The van der Waals surface area contributed by atoms with E-state index >= 15 is 0 Å². The topological polar surface area (TPSA) is 55.8 Å². The molecule has 0 saturated carbocycles. The highest BCUT2D eigenvalue weighted by atomic mass is 127. The van der Waals surface area contributed by atoms with E-state index in [9.17, 15) is 8.78 Å². The maximum Gasteiger partial charge on any atom is 0.191 e. The molecule has 3 rings (SSSR count). The number of anilines is 2.